The summed E-state index contributed by atoms with van der Waals surface area (Å²) in [7, 11) is -11.1. The molecule has 0 spiro atoms. The third-order valence-corrected chi connectivity index (χ3v) is 4.09. The topological polar surface area (TPSA) is 482 Å². The van der Waals surface area contributed by atoms with E-state index >= 15 is 0 Å². The number of cyclic esters (lactones) is 2. The second kappa shape index (κ2) is 24.3. The van der Waals surface area contributed by atoms with Crippen LogP contribution >= 0.6 is 15.6 Å². The Morgan fingerprint density at radius 2 is 0.900 bits per heavy atom. The van der Waals surface area contributed by atoms with E-state index < -0.39 is 88.3 Å². The largest absolute Gasteiger partial charge is 2.00 e. The normalized spacial score (nSPS) is 18.6. The summed E-state index contributed by atoms with van der Waals surface area (Å²) in [5.74, 6) is -8.20. The maximum absolute atomic E-state index is 11.2. The number of aliphatic hydroxyl groups excluding tert-OH is 4. The number of hydrogen-bond acceptors (Lipinski definition) is 18. The van der Waals surface area contributed by atoms with E-state index in [4.69, 9.17) is 20.4 Å². The van der Waals surface area contributed by atoms with E-state index in [0.29, 0.717) is 0 Å². The summed E-state index contributed by atoms with van der Waals surface area (Å²) in [6.45, 7) is -1.77. The van der Waals surface area contributed by atoms with Crippen molar-refractivity contribution in [2.45, 2.75) is 24.4 Å². The van der Waals surface area contributed by atoms with Gasteiger partial charge in [-0.25, -0.2) is 9.59 Å². The van der Waals surface area contributed by atoms with Gasteiger partial charge in [0.25, 0.3) is 0 Å². The fourth-order valence-electron chi connectivity index (χ4n) is 1.99. The van der Waals surface area contributed by atoms with E-state index in [-0.39, 0.29) is 96.5 Å². The Bertz CT molecular complexity index is 828. The number of carbonyl (C=O) groups excluding carboxylic acids is 2. The van der Waals surface area contributed by atoms with Crippen LogP contribution in [-0.2, 0) is 37.2 Å². The van der Waals surface area contributed by atoms with E-state index in [1.54, 1.807) is 0 Å². The Kier molecular flexibility index (Phi) is 36.0. The quantitative estimate of drug-likeness (QED) is 0.106. The van der Waals surface area contributed by atoms with Crippen molar-refractivity contribution in [1.29, 1.82) is 0 Å². The van der Waals surface area contributed by atoms with E-state index in [2.05, 4.69) is 18.5 Å². The molecular formula is C12H22Mg3O23P2. The van der Waals surface area contributed by atoms with E-state index in [9.17, 15) is 48.5 Å². The van der Waals surface area contributed by atoms with Gasteiger partial charge in [-0.3, -0.25) is 0 Å². The van der Waals surface area contributed by atoms with Crippen molar-refractivity contribution in [1.82, 2.24) is 0 Å². The van der Waals surface area contributed by atoms with Gasteiger partial charge >= 0.3 is 81.1 Å². The van der Waals surface area contributed by atoms with Gasteiger partial charge in [0, 0.05) is 0 Å². The Morgan fingerprint density at radius 3 is 1.07 bits per heavy atom. The first kappa shape index (κ1) is 59.3. The molecule has 0 fully saturated rings. The molecule has 0 bridgehead atoms. The summed E-state index contributed by atoms with van der Waals surface area (Å²) in [5.41, 5.74) is 0. The van der Waals surface area contributed by atoms with Crippen LogP contribution in [0.15, 0.2) is 23.0 Å². The molecule has 28 heteroatoms. The van der Waals surface area contributed by atoms with Gasteiger partial charge in [0.1, 0.15) is 40.1 Å². The molecule has 2 aliphatic heterocycles. The zero-order valence-corrected chi connectivity index (χ0v) is 25.8. The van der Waals surface area contributed by atoms with Crippen LogP contribution in [0, 0.1) is 0 Å². The maximum Gasteiger partial charge on any atom is 2.00 e. The van der Waals surface area contributed by atoms with Gasteiger partial charge in [-0.05, 0) is 11.5 Å². The van der Waals surface area contributed by atoms with Gasteiger partial charge < -0.3 is 105 Å². The minimum absolute atomic E-state index is 0. The van der Waals surface area contributed by atoms with Gasteiger partial charge in [-0.2, -0.15) is 0 Å². The molecule has 4 atom stereocenters. The van der Waals surface area contributed by atoms with E-state index in [0.717, 1.165) is 0 Å². The van der Waals surface area contributed by atoms with Gasteiger partial charge in [0.2, 0.25) is 11.5 Å². The molecule has 0 aliphatic carbocycles. The van der Waals surface area contributed by atoms with Crippen LogP contribution in [0.25, 0.3) is 0 Å². The number of hydrogen-bond donors (Lipinski definition) is 4. The molecule has 2 aliphatic rings. The van der Waals surface area contributed by atoms with Crippen molar-refractivity contribution in [2.24, 2.45) is 0 Å². The first-order valence-electron chi connectivity index (χ1n) is 7.77. The van der Waals surface area contributed by atoms with Crippen molar-refractivity contribution in [3.8, 4) is 0 Å². The van der Waals surface area contributed by atoms with Crippen molar-refractivity contribution >= 4 is 96.7 Å². The summed E-state index contributed by atoms with van der Waals surface area (Å²) >= 11 is 0. The Morgan fingerprint density at radius 1 is 0.675 bits per heavy atom. The Labute approximate surface area is 270 Å². The summed E-state index contributed by atoms with van der Waals surface area (Å²) in [4.78, 5) is 62.5. The summed E-state index contributed by atoms with van der Waals surface area (Å²) in [5, 5.41) is 57.5. The van der Waals surface area contributed by atoms with Crippen LogP contribution in [0.1, 0.15) is 0 Å². The van der Waals surface area contributed by atoms with Crippen molar-refractivity contribution in [2.75, 3.05) is 13.2 Å². The second-order valence-electron chi connectivity index (χ2n) is 5.62. The molecule has 0 unspecified atom stereocenters. The molecule has 0 radical (unpaired) electrons. The molecule has 224 valence electrons. The van der Waals surface area contributed by atoms with Crippen LogP contribution in [0.2, 0.25) is 0 Å². The first-order chi connectivity index (χ1) is 14.5. The molecule has 0 aromatic rings. The molecular weight excluding hydrogens is 647 g/mol. The number of rotatable bonds is 8. The Balaban J connectivity index is -0.0000000711. The third kappa shape index (κ3) is 17.7. The second-order valence-corrected chi connectivity index (χ2v) is 7.77. The number of carbonyl (C=O) groups is 2. The molecule has 2 rings (SSSR count). The molecule has 0 aromatic heterocycles. The van der Waals surface area contributed by atoms with Gasteiger partial charge in [-0.15, -0.1) is 0 Å². The average molecular weight is 669 g/mol. The van der Waals surface area contributed by atoms with Crippen molar-refractivity contribution < 1.29 is 115 Å². The maximum atomic E-state index is 11.2. The first-order valence-corrected chi connectivity index (χ1v) is 10.7. The number of aliphatic hydroxyl groups is 4. The van der Waals surface area contributed by atoms with Crippen molar-refractivity contribution in [3.63, 3.8) is 0 Å². The van der Waals surface area contributed by atoms with Crippen molar-refractivity contribution in [3.05, 3.63) is 23.0 Å². The predicted octanol–water partition coefficient (Wildman–Crippen LogP) is -13.9. The van der Waals surface area contributed by atoms with Crippen LogP contribution in [0.4, 0.5) is 0 Å². The minimum Gasteiger partial charge on any atom is -0.870 e. The molecule has 40 heavy (non-hydrogen) atoms. The molecule has 0 amide bonds. The summed E-state index contributed by atoms with van der Waals surface area (Å²) in [6.07, 6.45) is -6.96. The molecule has 14 N–H and O–H groups in total. The molecule has 23 nitrogen and oxygen atoms in total. The van der Waals surface area contributed by atoms with Crippen LogP contribution in [-0.4, -0.2) is 167 Å². The standard InChI is InChI=1S/2C6H9O9P.3Mg.5H2O/c2*7-1-2(8)4-3(9)5(6(10)14-4)15-16(11,12)13;;;;;;;;/h2*2,4,7-9H,1H2,(H2,11,12,13);;;;5*1H2/q;;3*+2;;;;;/p-6/t2*2-,4+;;;;;;;;/m00......../s1. The number of phosphoric acid groups is 2. The molecule has 2 heterocycles. The molecule has 0 saturated heterocycles. The van der Waals surface area contributed by atoms with Gasteiger partial charge in [0.15, 0.2) is 0 Å². The van der Waals surface area contributed by atoms with Crippen LogP contribution in [0.3, 0.4) is 0 Å². The zero-order chi connectivity index (χ0) is 25.0. The summed E-state index contributed by atoms with van der Waals surface area (Å²) < 4.78 is 36.0. The monoisotopic (exact) mass is 668 g/mol. The molecule has 0 aromatic carbocycles. The minimum atomic E-state index is -5.56. The van der Waals surface area contributed by atoms with Crippen LogP contribution < -0.4 is 29.8 Å². The van der Waals surface area contributed by atoms with E-state index in [1.807, 2.05) is 0 Å². The number of phosphoric ester groups is 2. The fourth-order valence-corrected chi connectivity index (χ4v) is 2.77. The van der Waals surface area contributed by atoms with Crippen LogP contribution in [0.5, 0.6) is 0 Å². The van der Waals surface area contributed by atoms with Gasteiger partial charge in [0.05, 0.1) is 13.2 Å². The predicted molar refractivity (Wildman–Crippen MR) is 113 cm³/mol. The van der Waals surface area contributed by atoms with E-state index in [1.165, 1.54) is 0 Å². The smallest absolute Gasteiger partial charge is 0.870 e. The molecule has 0 saturated carbocycles. The SMILES string of the molecule is O.O.O.O.O.O=C1O[C@H]([C@@H](O)CO)C([O-])=C1OP(=O)([O-])[O-].O=C1O[C@H]([C@@H](O)CO)C([O-])=C1OP(=O)([O-])[O-].[Mg+2].[Mg+2].[Mg+2]. The number of esters is 2. The zero-order valence-electron chi connectivity index (χ0n) is 19.7. The summed E-state index contributed by atoms with van der Waals surface area (Å²) in [6, 6.07) is 0. The number of ether oxygens (including phenoxy) is 2. The van der Waals surface area contributed by atoms with Gasteiger partial charge in [-0.1, -0.05) is 0 Å². The third-order valence-electron chi connectivity index (χ3n) is 3.28. The average Bonchev–Trinajstić information content (AvgIpc) is 3.10. The fraction of sp³-hybridized carbons (Fsp3) is 0.500. The Hall–Kier alpha value is -0.141.